The van der Waals surface area contributed by atoms with E-state index in [4.69, 9.17) is 11.6 Å². The highest BCUT2D eigenvalue weighted by Gasteiger charge is 2.24. The third-order valence-electron chi connectivity index (χ3n) is 3.82. The van der Waals surface area contributed by atoms with Crippen LogP contribution in [-0.2, 0) is 17.8 Å². The molecule has 0 saturated heterocycles. The van der Waals surface area contributed by atoms with Crippen molar-refractivity contribution in [3.8, 4) is 0 Å². The molecule has 0 radical (unpaired) electrons. The van der Waals surface area contributed by atoms with Crippen LogP contribution < -0.4 is 10.2 Å². The van der Waals surface area contributed by atoms with Gasteiger partial charge in [-0.15, -0.1) is 0 Å². The molecule has 2 amide bonds. The molecule has 3 rings (SSSR count). The van der Waals surface area contributed by atoms with Gasteiger partial charge in [0.15, 0.2) is 0 Å². The average molecular weight is 315 g/mol. The van der Waals surface area contributed by atoms with Crippen molar-refractivity contribution in [2.75, 3.05) is 11.9 Å². The number of fused-ring (bicyclic) bond motifs is 1. The van der Waals surface area contributed by atoms with E-state index in [1.807, 2.05) is 24.3 Å². The average Bonchev–Trinajstić information content (AvgIpc) is 2.80. The minimum absolute atomic E-state index is 0.0450. The lowest BCUT2D eigenvalue weighted by Crippen LogP contribution is -2.23. The molecule has 112 valence electrons. The fraction of sp³-hybridized carbons (Fsp3) is 0.176. The van der Waals surface area contributed by atoms with Gasteiger partial charge in [0.05, 0.1) is 6.42 Å². The Morgan fingerprint density at radius 1 is 1.27 bits per heavy atom. The van der Waals surface area contributed by atoms with E-state index in [-0.39, 0.29) is 11.8 Å². The molecule has 0 aromatic heterocycles. The van der Waals surface area contributed by atoms with Crippen molar-refractivity contribution < 1.29 is 9.59 Å². The lowest BCUT2D eigenvalue weighted by atomic mass is 10.1. The molecule has 0 unspecified atom stereocenters. The van der Waals surface area contributed by atoms with Gasteiger partial charge in [-0.2, -0.15) is 0 Å². The number of carbonyl (C=O) groups excluding carboxylic acids is 2. The van der Waals surface area contributed by atoms with Crippen molar-refractivity contribution in [3.05, 3.63) is 64.2 Å². The lowest BCUT2D eigenvalue weighted by molar-refractivity contribution is -0.117. The second kappa shape index (κ2) is 5.81. The van der Waals surface area contributed by atoms with E-state index in [0.29, 0.717) is 23.6 Å². The number of rotatable bonds is 3. The van der Waals surface area contributed by atoms with Gasteiger partial charge in [0.25, 0.3) is 5.91 Å². The maximum Gasteiger partial charge on any atom is 0.251 e. The van der Waals surface area contributed by atoms with Gasteiger partial charge in [-0.05, 0) is 35.4 Å². The predicted molar refractivity (Wildman–Crippen MR) is 86.2 cm³/mol. The Bertz CT molecular complexity index is 758. The number of nitrogens with one attached hydrogen (secondary N) is 1. The van der Waals surface area contributed by atoms with Crippen LogP contribution >= 0.6 is 11.6 Å². The quantitative estimate of drug-likeness (QED) is 0.947. The molecule has 0 atom stereocenters. The first kappa shape index (κ1) is 14.6. The maximum absolute atomic E-state index is 12.2. The Morgan fingerprint density at radius 2 is 2.05 bits per heavy atom. The molecule has 1 aliphatic rings. The molecule has 0 saturated carbocycles. The Kier molecular flexibility index (Phi) is 3.86. The number of anilines is 1. The van der Waals surface area contributed by atoms with E-state index in [2.05, 4.69) is 5.32 Å². The van der Waals surface area contributed by atoms with Gasteiger partial charge in [-0.25, -0.2) is 0 Å². The largest absolute Gasteiger partial charge is 0.348 e. The maximum atomic E-state index is 12.2. The first-order valence-electron chi connectivity index (χ1n) is 6.97. The zero-order chi connectivity index (χ0) is 15.7. The van der Waals surface area contributed by atoms with E-state index in [9.17, 15) is 9.59 Å². The summed E-state index contributed by atoms with van der Waals surface area (Å²) >= 11 is 6.07. The van der Waals surface area contributed by atoms with Crippen LogP contribution in [0.25, 0.3) is 0 Å². The Hall–Kier alpha value is -2.33. The molecule has 0 fully saturated rings. The fourth-order valence-electron chi connectivity index (χ4n) is 2.53. The topological polar surface area (TPSA) is 49.4 Å². The second-order valence-electron chi connectivity index (χ2n) is 5.25. The van der Waals surface area contributed by atoms with Gasteiger partial charge in [0, 0.05) is 29.9 Å². The van der Waals surface area contributed by atoms with Crippen LogP contribution in [0, 0.1) is 0 Å². The third-order valence-corrected chi connectivity index (χ3v) is 4.18. The molecule has 4 nitrogen and oxygen atoms in total. The summed E-state index contributed by atoms with van der Waals surface area (Å²) in [5.74, 6) is -0.131. The molecule has 2 aromatic rings. The monoisotopic (exact) mass is 314 g/mol. The molecular formula is C17H15ClN2O2. The van der Waals surface area contributed by atoms with Crippen LogP contribution in [0.15, 0.2) is 42.5 Å². The van der Waals surface area contributed by atoms with Gasteiger partial charge >= 0.3 is 0 Å². The van der Waals surface area contributed by atoms with Gasteiger partial charge in [0.1, 0.15) is 0 Å². The summed E-state index contributed by atoms with van der Waals surface area (Å²) < 4.78 is 0. The Balaban J connectivity index is 1.73. The van der Waals surface area contributed by atoms with Crippen LogP contribution in [0.5, 0.6) is 0 Å². The first-order valence-corrected chi connectivity index (χ1v) is 7.35. The second-order valence-corrected chi connectivity index (χ2v) is 5.65. The van der Waals surface area contributed by atoms with Crippen molar-refractivity contribution in [1.82, 2.24) is 5.32 Å². The molecule has 2 aromatic carbocycles. The number of amides is 2. The smallest absolute Gasteiger partial charge is 0.251 e. The zero-order valence-electron chi connectivity index (χ0n) is 12.1. The first-order chi connectivity index (χ1) is 10.6. The minimum Gasteiger partial charge on any atom is -0.348 e. The summed E-state index contributed by atoms with van der Waals surface area (Å²) in [5, 5.41) is 3.48. The molecule has 0 spiro atoms. The third kappa shape index (κ3) is 2.70. The van der Waals surface area contributed by atoms with Crippen molar-refractivity contribution in [1.29, 1.82) is 0 Å². The lowest BCUT2D eigenvalue weighted by Gasteiger charge is -2.11. The molecular weight excluding hydrogens is 300 g/mol. The summed E-state index contributed by atoms with van der Waals surface area (Å²) in [6, 6.07) is 12.7. The van der Waals surface area contributed by atoms with Gasteiger partial charge in [-0.3, -0.25) is 9.59 Å². The number of hydrogen-bond acceptors (Lipinski definition) is 2. The highest BCUT2D eigenvalue weighted by Crippen LogP contribution is 2.28. The molecule has 0 aliphatic carbocycles. The van der Waals surface area contributed by atoms with Crippen molar-refractivity contribution >= 4 is 29.1 Å². The fourth-order valence-corrected chi connectivity index (χ4v) is 2.73. The highest BCUT2D eigenvalue weighted by molar-refractivity contribution is 6.31. The van der Waals surface area contributed by atoms with Crippen LogP contribution in [-0.4, -0.2) is 18.9 Å². The normalized spacial score (nSPS) is 13.2. The van der Waals surface area contributed by atoms with Crippen LogP contribution in [0.4, 0.5) is 5.69 Å². The molecule has 1 N–H and O–H groups in total. The number of nitrogens with zero attached hydrogens (tertiary/aromatic N) is 1. The van der Waals surface area contributed by atoms with Crippen molar-refractivity contribution in [2.45, 2.75) is 13.0 Å². The molecule has 5 heteroatoms. The Labute approximate surface area is 133 Å². The highest BCUT2D eigenvalue weighted by atomic mass is 35.5. The number of benzene rings is 2. The van der Waals surface area contributed by atoms with E-state index in [0.717, 1.165) is 16.8 Å². The van der Waals surface area contributed by atoms with E-state index < -0.39 is 0 Å². The van der Waals surface area contributed by atoms with Gasteiger partial charge in [0.2, 0.25) is 5.91 Å². The number of likely N-dealkylation sites (N-methyl/N-ethyl adjacent to an activating group) is 1. The Morgan fingerprint density at radius 3 is 2.82 bits per heavy atom. The van der Waals surface area contributed by atoms with Crippen LogP contribution in [0.2, 0.25) is 5.02 Å². The summed E-state index contributed by atoms with van der Waals surface area (Å²) in [4.78, 5) is 25.5. The number of halogens is 1. The molecule has 0 bridgehead atoms. The number of hydrogen-bond donors (Lipinski definition) is 1. The van der Waals surface area contributed by atoms with Crippen molar-refractivity contribution in [2.24, 2.45) is 0 Å². The standard InChI is InChI=1S/C17H15ClN2O2/c1-20-15-7-6-11(8-13(15)9-16(20)21)17(22)19-10-12-4-2-3-5-14(12)18/h2-8H,9-10H2,1H3,(H,19,22). The molecule has 1 aliphatic heterocycles. The number of carbonyl (C=O) groups is 2. The minimum atomic E-state index is -0.176. The zero-order valence-corrected chi connectivity index (χ0v) is 12.9. The SMILES string of the molecule is CN1C(=O)Cc2cc(C(=O)NCc3ccccc3Cl)ccc21. The summed E-state index contributed by atoms with van der Waals surface area (Å²) in [7, 11) is 1.74. The van der Waals surface area contributed by atoms with Crippen LogP contribution in [0.3, 0.4) is 0 Å². The van der Waals surface area contributed by atoms with Crippen LogP contribution in [0.1, 0.15) is 21.5 Å². The summed E-state index contributed by atoms with van der Waals surface area (Å²) in [5.41, 5.74) is 3.17. The molecule has 1 heterocycles. The van der Waals surface area contributed by atoms with E-state index >= 15 is 0 Å². The van der Waals surface area contributed by atoms with Gasteiger partial charge < -0.3 is 10.2 Å². The van der Waals surface area contributed by atoms with Gasteiger partial charge in [-0.1, -0.05) is 29.8 Å². The predicted octanol–water partition coefficient (Wildman–Crippen LogP) is 2.79. The van der Waals surface area contributed by atoms with Crippen molar-refractivity contribution in [3.63, 3.8) is 0 Å². The summed E-state index contributed by atoms with van der Waals surface area (Å²) in [6.07, 6.45) is 0.345. The summed E-state index contributed by atoms with van der Waals surface area (Å²) in [6.45, 7) is 0.369. The van der Waals surface area contributed by atoms with E-state index in [1.165, 1.54) is 0 Å². The molecule has 22 heavy (non-hydrogen) atoms. The van der Waals surface area contributed by atoms with E-state index in [1.54, 1.807) is 30.1 Å².